The zero-order valence-electron chi connectivity index (χ0n) is 9.21. The number of hydrogen-bond acceptors (Lipinski definition) is 3. The summed E-state index contributed by atoms with van der Waals surface area (Å²) in [5, 5.41) is 3.17. The van der Waals surface area contributed by atoms with Crippen molar-refractivity contribution >= 4 is 0 Å². The molecule has 0 saturated carbocycles. The van der Waals surface area contributed by atoms with Gasteiger partial charge in [0.2, 0.25) is 0 Å². The highest BCUT2D eigenvalue weighted by molar-refractivity contribution is 4.80. The van der Waals surface area contributed by atoms with Crippen molar-refractivity contribution in [3.63, 3.8) is 0 Å². The third kappa shape index (κ3) is 3.63. The molecule has 3 nitrogen and oxygen atoms in total. The third-order valence-corrected chi connectivity index (χ3v) is 2.57. The molecule has 0 atom stereocenters. The molecule has 1 fully saturated rings. The van der Waals surface area contributed by atoms with Gasteiger partial charge < -0.3 is 10.2 Å². The molecule has 13 heavy (non-hydrogen) atoms. The Morgan fingerprint density at radius 3 is 2.69 bits per heavy atom. The first-order valence-electron chi connectivity index (χ1n) is 5.31. The smallest absolute Gasteiger partial charge is 0.0475 e. The minimum Gasteiger partial charge on any atom is -0.307 e. The van der Waals surface area contributed by atoms with Crippen molar-refractivity contribution in [2.24, 2.45) is 5.92 Å². The maximum Gasteiger partial charge on any atom is 0.0475 e. The predicted octanol–water partition coefficient (Wildman–Crippen LogP) is 0.437. The Bertz CT molecular complexity index is 132. The van der Waals surface area contributed by atoms with Gasteiger partial charge in [0.25, 0.3) is 0 Å². The molecular weight excluding hydrogens is 162 g/mol. The standard InChI is InChI=1S/C10H23N3/c1-4-5-13-7-10(8-13)6-12(3)9-11-2/h10-11H,4-9H2,1-3H3. The molecule has 0 aromatic heterocycles. The van der Waals surface area contributed by atoms with E-state index in [0.29, 0.717) is 0 Å². The summed E-state index contributed by atoms with van der Waals surface area (Å²) in [6, 6.07) is 0. The van der Waals surface area contributed by atoms with Crippen LogP contribution in [-0.4, -0.2) is 56.7 Å². The summed E-state index contributed by atoms with van der Waals surface area (Å²) in [6.07, 6.45) is 1.29. The van der Waals surface area contributed by atoms with Crippen molar-refractivity contribution in [1.82, 2.24) is 15.1 Å². The van der Waals surface area contributed by atoms with E-state index in [4.69, 9.17) is 0 Å². The highest BCUT2D eigenvalue weighted by Gasteiger charge is 2.26. The molecule has 1 heterocycles. The number of likely N-dealkylation sites (tertiary alicyclic amines) is 1. The van der Waals surface area contributed by atoms with Crippen molar-refractivity contribution in [3.05, 3.63) is 0 Å². The Morgan fingerprint density at radius 1 is 1.46 bits per heavy atom. The third-order valence-electron chi connectivity index (χ3n) is 2.57. The number of rotatable bonds is 6. The molecule has 1 saturated heterocycles. The van der Waals surface area contributed by atoms with Crippen molar-refractivity contribution in [3.8, 4) is 0 Å². The molecule has 0 unspecified atom stereocenters. The zero-order valence-corrected chi connectivity index (χ0v) is 9.21. The topological polar surface area (TPSA) is 18.5 Å². The number of nitrogens with one attached hydrogen (secondary N) is 1. The quantitative estimate of drug-likeness (QED) is 0.606. The molecule has 1 N–H and O–H groups in total. The Kier molecular flexibility index (Phi) is 4.70. The molecule has 0 aromatic rings. The Balaban J connectivity index is 2.00. The van der Waals surface area contributed by atoms with E-state index in [2.05, 4.69) is 29.1 Å². The van der Waals surface area contributed by atoms with Crippen LogP contribution in [0.2, 0.25) is 0 Å². The summed E-state index contributed by atoms with van der Waals surface area (Å²) in [7, 11) is 4.18. The van der Waals surface area contributed by atoms with Crippen molar-refractivity contribution in [2.75, 3.05) is 46.9 Å². The Hall–Kier alpha value is -0.120. The summed E-state index contributed by atoms with van der Waals surface area (Å²) < 4.78 is 0. The van der Waals surface area contributed by atoms with Crippen LogP contribution in [-0.2, 0) is 0 Å². The predicted molar refractivity (Wildman–Crippen MR) is 56.8 cm³/mol. The Morgan fingerprint density at radius 2 is 2.15 bits per heavy atom. The fourth-order valence-corrected chi connectivity index (χ4v) is 2.07. The van der Waals surface area contributed by atoms with E-state index in [0.717, 1.165) is 12.6 Å². The van der Waals surface area contributed by atoms with Crippen LogP contribution in [0.15, 0.2) is 0 Å². The molecule has 0 amide bonds. The largest absolute Gasteiger partial charge is 0.307 e. The van der Waals surface area contributed by atoms with Crippen molar-refractivity contribution < 1.29 is 0 Å². The van der Waals surface area contributed by atoms with Crippen LogP contribution in [0.1, 0.15) is 13.3 Å². The van der Waals surface area contributed by atoms with Gasteiger partial charge in [-0.15, -0.1) is 0 Å². The van der Waals surface area contributed by atoms with E-state index in [1.165, 1.54) is 32.6 Å². The van der Waals surface area contributed by atoms with Crippen LogP contribution in [0.5, 0.6) is 0 Å². The molecule has 0 radical (unpaired) electrons. The van der Waals surface area contributed by atoms with Gasteiger partial charge in [0, 0.05) is 26.3 Å². The van der Waals surface area contributed by atoms with Gasteiger partial charge in [-0.05, 0) is 33.0 Å². The molecule has 78 valence electrons. The van der Waals surface area contributed by atoms with E-state index in [9.17, 15) is 0 Å². The fourth-order valence-electron chi connectivity index (χ4n) is 2.07. The van der Waals surface area contributed by atoms with Gasteiger partial charge >= 0.3 is 0 Å². The molecule has 1 rings (SSSR count). The van der Waals surface area contributed by atoms with Crippen LogP contribution >= 0.6 is 0 Å². The van der Waals surface area contributed by atoms with Gasteiger partial charge in [-0.3, -0.25) is 4.90 Å². The lowest BCUT2D eigenvalue weighted by molar-refractivity contribution is 0.0732. The Labute approximate surface area is 82.1 Å². The summed E-state index contributed by atoms with van der Waals surface area (Å²) in [5.41, 5.74) is 0. The molecule has 3 heteroatoms. The number of hydrogen-bond donors (Lipinski definition) is 1. The van der Waals surface area contributed by atoms with E-state index in [1.54, 1.807) is 0 Å². The lowest BCUT2D eigenvalue weighted by atomic mass is 10.00. The number of nitrogens with zero attached hydrogens (tertiary/aromatic N) is 2. The first-order valence-corrected chi connectivity index (χ1v) is 5.31. The monoisotopic (exact) mass is 185 g/mol. The normalized spacial score (nSPS) is 19.4. The van der Waals surface area contributed by atoms with Crippen LogP contribution in [0.4, 0.5) is 0 Å². The second-order valence-electron chi connectivity index (χ2n) is 4.18. The van der Waals surface area contributed by atoms with Crippen LogP contribution in [0.3, 0.4) is 0 Å². The van der Waals surface area contributed by atoms with E-state index < -0.39 is 0 Å². The molecular formula is C10H23N3. The molecule has 1 aliphatic heterocycles. The van der Waals surface area contributed by atoms with Crippen molar-refractivity contribution in [2.45, 2.75) is 13.3 Å². The van der Waals surface area contributed by atoms with E-state index in [1.807, 2.05) is 7.05 Å². The first-order chi connectivity index (χ1) is 6.26. The van der Waals surface area contributed by atoms with Crippen LogP contribution in [0.25, 0.3) is 0 Å². The highest BCUT2D eigenvalue weighted by atomic mass is 15.2. The van der Waals surface area contributed by atoms with Gasteiger partial charge in [0.1, 0.15) is 0 Å². The highest BCUT2D eigenvalue weighted by Crippen LogP contribution is 2.15. The maximum atomic E-state index is 3.17. The molecule has 0 spiro atoms. The summed E-state index contributed by atoms with van der Waals surface area (Å²) >= 11 is 0. The second-order valence-corrected chi connectivity index (χ2v) is 4.18. The van der Waals surface area contributed by atoms with Crippen LogP contribution in [0, 0.1) is 5.92 Å². The van der Waals surface area contributed by atoms with Crippen molar-refractivity contribution in [1.29, 1.82) is 0 Å². The second kappa shape index (κ2) is 5.58. The van der Waals surface area contributed by atoms with Gasteiger partial charge in [-0.2, -0.15) is 0 Å². The fraction of sp³-hybridized carbons (Fsp3) is 1.00. The first kappa shape index (κ1) is 11.0. The summed E-state index contributed by atoms with van der Waals surface area (Å²) in [6.45, 7) is 8.39. The molecule has 0 bridgehead atoms. The van der Waals surface area contributed by atoms with Gasteiger partial charge in [-0.25, -0.2) is 0 Å². The SMILES string of the molecule is CCCN1CC(CN(C)CNC)C1. The van der Waals surface area contributed by atoms with Gasteiger partial charge in [0.15, 0.2) is 0 Å². The molecule has 0 aliphatic carbocycles. The van der Waals surface area contributed by atoms with Gasteiger partial charge in [0.05, 0.1) is 0 Å². The van der Waals surface area contributed by atoms with E-state index in [-0.39, 0.29) is 0 Å². The summed E-state index contributed by atoms with van der Waals surface area (Å²) in [5.74, 6) is 0.907. The minimum absolute atomic E-state index is 0.907. The van der Waals surface area contributed by atoms with Crippen LogP contribution < -0.4 is 5.32 Å². The lowest BCUT2D eigenvalue weighted by Crippen LogP contribution is -2.51. The summed E-state index contributed by atoms with van der Waals surface area (Å²) in [4.78, 5) is 4.89. The average molecular weight is 185 g/mol. The molecule has 1 aliphatic rings. The zero-order chi connectivity index (χ0) is 9.68. The van der Waals surface area contributed by atoms with Gasteiger partial charge in [-0.1, -0.05) is 6.92 Å². The minimum atomic E-state index is 0.907. The molecule has 0 aromatic carbocycles. The lowest BCUT2D eigenvalue weighted by Gasteiger charge is -2.40. The maximum absolute atomic E-state index is 3.17. The van der Waals surface area contributed by atoms with E-state index >= 15 is 0 Å². The average Bonchev–Trinajstić information content (AvgIpc) is 2.01.